The molecule has 1 aliphatic heterocycles. The summed E-state index contributed by atoms with van der Waals surface area (Å²) in [7, 11) is 0. The molecule has 1 N–H and O–H groups in total. The van der Waals surface area contributed by atoms with Gasteiger partial charge in [-0.3, -0.25) is 4.79 Å². The highest BCUT2D eigenvalue weighted by atomic mass is 16.5. The molecule has 0 aliphatic carbocycles. The van der Waals surface area contributed by atoms with Crippen LogP contribution < -0.4 is 5.32 Å². The third kappa shape index (κ3) is 2.02. The second kappa shape index (κ2) is 4.44. The van der Waals surface area contributed by atoms with Gasteiger partial charge >= 0.3 is 0 Å². The molecule has 1 fully saturated rings. The Morgan fingerprint density at radius 3 is 3.00 bits per heavy atom. The molecule has 1 aromatic heterocycles. The van der Waals surface area contributed by atoms with Gasteiger partial charge in [0, 0.05) is 25.7 Å². The molecule has 0 unspecified atom stereocenters. The molecular formula is C10H15N3O2. The molecule has 1 aliphatic rings. The summed E-state index contributed by atoms with van der Waals surface area (Å²) < 4.78 is 4.88. The quantitative estimate of drug-likeness (QED) is 0.784. The Labute approximate surface area is 88.4 Å². The number of nitrogens with one attached hydrogen (secondary N) is 1. The highest BCUT2D eigenvalue weighted by Crippen LogP contribution is 2.11. The first kappa shape index (κ1) is 10.2. The number of hydrogen-bond acceptors (Lipinski definition) is 4. The van der Waals surface area contributed by atoms with E-state index in [9.17, 15) is 4.79 Å². The molecule has 0 bridgehead atoms. The van der Waals surface area contributed by atoms with E-state index in [1.165, 1.54) is 6.20 Å². The van der Waals surface area contributed by atoms with Gasteiger partial charge in [-0.1, -0.05) is 12.1 Å². The Kier molecular flexibility index (Phi) is 3.01. The van der Waals surface area contributed by atoms with Crippen molar-refractivity contribution in [3.63, 3.8) is 0 Å². The first-order chi connectivity index (χ1) is 7.33. The molecule has 0 saturated carbocycles. The SMILES string of the molecule is CCCN(C(=O)c1ccno1)C1CNC1. The number of aromatic nitrogens is 1. The van der Waals surface area contributed by atoms with Crippen molar-refractivity contribution in [3.8, 4) is 0 Å². The van der Waals surface area contributed by atoms with Gasteiger partial charge in [0.05, 0.1) is 12.2 Å². The lowest BCUT2D eigenvalue weighted by Gasteiger charge is -2.37. The van der Waals surface area contributed by atoms with Gasteiger partial charge in [-0.25, -0.2) is 0 Å². The van der Waals surface area contributed by atoms with E-state index in [0.717, 1.165) is 26.1 Å². The lowest BCUT2D eigenvalue weighted by atomic mass is 10.1. The monoisotopic (exact) mass is 209 g/mol. The molecule has 0 aromatic carbocycles. The minimum absolute atomic E-state index is 0.0548. The molecule has 82 valence electrons. The van der Waals surface area contributed by atoms with Crippen LogP contribution in [0.5, 0.6) is 0 Å². The fourth-order valence-electron chi connectivity index (χ4n) is 1.65. The van der Waals surface area contributed by atoms with Crippen LogP contribution in [0.1, 0.15) is 23.9 Å². The van der Waals surface area contributed by atoms with E-state index in [1.807, 2.05) is 4.90 Å². The first-order valence-corrected chi connectivity index (χ1v) is 5.25. The van der Waals surface area contributed by atoms with Gasteiger partial charge in [0.2, 0.25) is 5.76 Å². The van der Waals surface area contributed by atoms with Crippen LogP contribution in [0.4, 0.5) is 0 Å². The van der Waals surface area contributed by atoms with E-state index in [1.54, 1.807) is 6.07 Å². The Balaban J connectivity index is 2.06. The van der Waals surface area contributed by atoms with Gasteiger partial charge in [0.15, 0.2) is 0 Å². The molecule has 1 aromatic rings. The summed E-state index contributed by atoms with van der Waals surface area (Å²) in [4.78, 5) is 13.9. The maximum atomic E-state index is 12.0. The van der Waals surface area contributed by atoms with Gasteiger partial charge in [-0.15, -0.1) is 0 Å². The molecule has 2 heterocycles. The number of nitrogens with zero attached hydrogens (tertiary/aromatic N) is 2. The normalized spacial score (nSPS) is 16.1. The summed E-state index contributed by atoms with van der Waals surface area (Å²) >= 11 is 0. The minimum Gasteiger partial charge on any atom is -0.351 e. The lowest BCUT2D eigenvalue weighted by molar-refractivity contribution is 0.0574. The van der Waals surface area contributed by atoms with Crippen LogP contribution in [0.15, 0.2) is 16.8 Å². The van der Waals surface area contributed by atoms with Crippen LogP contribution in [0.25, 0.3) is 0 Å². The zero-order valence-electron chi connectivity index (χ0n) is 8.77. The molecule has 5 nitrogen and oxygen atoms in total. The number of carbonyl (C=O) groups excluding carboxylic acids is 1. The van der Waals surface area contributed by atoms with Crippen LogP contribution in [-0.2, 0) is 0 Å². The van der Waals surface area contributed by atoms with Gasteiger partial charge in [-0.2, -0.15) is 0 Å². The average molecular weight is 209 g/mol. The van der Waals surface area contributed by atoms with Crippen molar-refractivity contribution >= 4 is 5.91 Å². The van der Waals surface area contributed by atoms with Gasteiger partial charge in [0.25, 0.3) is 5.91 Å². The van der Waals surface area contributed by atoms with Crippen LogP contribution in [0, 0.1) is 0 Å². The summed E-state index contributed by atoms with van der Waals surface area (Å²) in [6.07, 6.45) is 2.45. The van der Waals surface area contributed by atoms with E-state index in [0.29, 0.717) is 11.8 Å². The zero-order chi connectivity index (χ0) is 10.7. The Morgan fingerprint density at radius 2 is 2.53 bits per heavy atom. The molecule has 2 rings (SSSR count). The predicted molar refractivity (Wildman–Crippen MR) is 54.5 cm³/mol. The van der Waals surface area contributed by atoms with Crippen LogP contribution >= 0.6 is 0 Å². The highest BCUT2D eigenvalue weighted by Gasteiger charge is 2.29. The Bertz CT molecular complexity index is 319. The van der Waals surface area contributed by atoms with E-state index in [4.69, 9.17) is 4.52 Å². The average Bonchev–Trinajstić information content (AvgIpc) is 2.66. The zero-order valence-corrected chi connectivity index (χ0v) is 8.77. The van der Waals surface area contributed by atoms with E-state index < -0.39 is 0 Å². The van der Waals surface area contributed by atoms with Crippen molar-refractivity contribution in [1.82, 2.24) is 15.4 Å². The molecular weight excluding hydrogens is 194 g/mol. The highest BCUT2D eigenvalue weighted by molar-refractivity contribution is 5.91. The fraction of sp³-hybridized carbons (Fsp3) is 0.600. The smallest absolute Gasteiger partial charge is 0.292 e. The maximum Gasteiger partial charge on any atom is 0.292 e. The molecule has 0 atom stereocenters. The fourth-order valence-corrected chi connectivity index (χ4v) is 1.65. The third-order valence-corrected chi connectivity index (χ3v) is 2.57. The van der Waals surface area contributed by atoms with E-state index in [-0.39, 0.29) is 5.91 Å². The molecule has 1 amide bonds. The lowest BCUT2D eigenvalue weighted by Crippen LogP contribution is -2.59. The number of rotatable bonds is 4. The van der Waals surface area contributed by atoms with E-state index in [2.05, 4.69) is 17.4 Å². The maximum absolute atomic E-state index is 12.0. The molecule has 0 radical (unpaired) electrons. The largest absolute Gasteiger partial charge is 0.351 e. The topological polar surface area (TPSA) is 58.4 Å². The minimum atomic E-state index is -0.0548. The number of hydrogen-bond donors (Lipinski definition) is 1. The molecule has 1 saturated heterocycles. The van der Waals surface area contributed by atoms with Gasteiger partial charge in [0.1, 0.15) is 0 Å². The van der Waals surface area contributed by atoms with Gasteiger partial charge < -0.3 is 14.7 Å². The second-order valence-corrected chi connectivity index (χ2v) is 3.69. The van der Waals surface area contributed by atoms with Gasteiger partial charge in [-0.05, 0) is 6.42 Å². The van der Waals surface area contributed by atoms with Crippen molar-refractivity contribution in [2.75, 3.05) is 19.6 Å². The van der Waals surface area contributed by atoms with Crippen molar-refractivity contribution in [2.45, 2.75) is 19.4 Å². The number of amides is 1. The summed E-state index contributed by atoms with van der Waals surface area (Å²) in [5.74, 6) is 0.274. The summed E-state index contributed by atoms with van der Waals surface area (Å²) in [6, 6.07) is 1.92. The van der Waals surface area contributed by atoms with Crippen LogP contribution in [0.3, 0.4) is 0 Å². The standard InChI is InChI=1S/C10H15N3O2/c1-2-5-13(8-6-11-7-8)10(14)9-3-4-12-15-9/h3-4,8,11H,2,5-7H2,1H3. The van der Waals surface area contributed by atoms with E-state index >= 15 is 0 Å². The molecule has 15 heavy (non-hydrogen) atoms. The van der Waals surface area contributed by atoms with Crippen molar-refractivity contribution < 1.29 is 9.32 Å². The molecule has 0 spiro atoms. The molecule has 5 heteroatoms. The Morgan fingerprint density at radius 1 is 1.73 bits per heavy atom. The van der Waals surface area contributed by atoms with Crippen molar-refractivity contribution in [1.29, 1.82) is 0 Å². The summed E-state index contributed by atoms with van der Waals surface area (Å²) in [6.45, 7) is 4.58. The van der Waals surface area contributed by atoms with Crippen molar-refractivity contribution in [2.24, 2.45) is 0 Å². The Hall–Kier alpha value is -1.36. The summed E-state index contributed by atoms with van der Waals surface area (Å²) in [5.41, 5.74) is 0. The first-order valence-electron chi connectivity index (χ1n) is 5.25. The van der Waals surface area contributed by atoms with Crippen LogP contribution in [-0.4, -0.2) is 41.6 Å². The third-order valence-electron chi connectivity index (χ3n) is 2.57. The second-order valence-electron chi connectivity index (χ2n) is 3.69. The van der Waals surface area contributed by atoms with Crippen molar-refractivity contribution in [3.05, 3.63) is 18.0 Å². The van der Waals surface area contributed by atoms with Crippen LogP contribution in [0.2, 0.25) is 0 Å². The summed E-state index contributed by atoms with van der Waals surface area (Å²) in [5, 5.41) is 6.71. The predicted octanol–water partition coefficient (Wildman–Crippen LogP) is 0.499. The number of carbonyl (C=O) groups is 1.